The molecule has 0 aliphatic carbocycles. The Morgan fingerprint density at radius 1 is 1.13 bits per heavy atom. The van der Waals surface area contributed by atoms with Crippen LogP contribution in [0.2, 0.25) is 0 Å². The van der Waals surface area contributed by atoms with Crippen LogP contribution in [0.3, 0.4) is 0 Å². The van der Waals surface area contributed by atoms with E-state index in [1.54, 1.807) is 6.20 Å². The first-order valence-electron chi connectivity index (χ1n) is 8.68. The van der Waals surface area contributed by atoms with Crippen molar-refractivity contribution in [2.75, 3.05) is 31.1 Å². The quantitative estimate of drug-likeness (QED) is 0.841. The van der Waals surface area contributed by atoms with Gasteiger partial charge in [0.25, 0.3) is 5.91 Å². The number of ether oxygens (including phenoxy) is 1. The number of nitrogens with zero attached hydrogens (tertiary/aromatic N) is 3. The lowest BCUT2D eigenvalue weighted by Gasteiger charge is -2.35. The first-order valence-corrected chi connectivity index (χ1v) is 8.68. The Kier molecular flexibility index (Phi) is 4.85. The molecule has 3 rings (SSSR count). The molecular weight excluding hydrogens is 290 g/mol. The molecule has 5 heteroatoms. The number of hydrogen-bond acceptors (Lipinski definition) is 4. The van der Waals surface area contributed by atoms with Crippen LogP contribution in [-0.2, 0) is 4.74 Å². The second-order valence-corrected chi connectivity index (χ2v) is 7.04. The van der Waals surface area contributed by atoms with Gasteiger partial charge in [-0.25, -0.2) is 4.98 Å². The molecule has 2 aliphatic rings. The van der Waals surface area contributed by atoms with Crippen LogP contribution < -0.4 is 4.90 Å². The lowest BCUT2D eigenvalue weighted by atomic mass is 9.99. The van der Waals surface area contributed by atoms with Gasteiger partial charge in [-0.1, -0.05) is 6.92 Å². The maximum atomic E-state index is 12.6. The average Bonchev–Trinajstić information content (AvgIpc) is 2.54. The van der Waals surface area contributed by atoms with Gasteiger partial charge in [-0.05, 0) is 44.7 Å². The van der Waals surface area contributed by atoms with Gasteiger partial charge in [0.1, 0.15) is 5.82 Å². The van der Waals surface area contributed by atoms with E-state index < -0.39 is 0 Å². The topological polar surface area (TPSA) is 45.7 Å². The molecule has 1 aromatic rings. The second-order valence-electron chi connectivity index (χ2n) is 7.04. The molecule has 0 aromatic carbocycles. The number of carbonyl (C=O) groups is 1. The summed E-state index contributed by atoms with van der Waals surface area (Å²) in [5.41, 5.74) is 0.667. The van der Waals surface area contributed by atoms with Crippen molar-refractivity contribution in [1.29, 1.82) is 0 Å². The van der Waals surface area contributed by atoms with E-state index in [4.69, 9.17) is 4.74 Å². The van der Waals surface area contributed by atoms with Gasteiger partial charge in [-0.2, -0.15) is 0 Å². The third-order valence-electron chi connectivity index (χ3n) is 4.81. The number of pyridine rings is 1. The smallest absolute Gasteiger partial charge is 0.255 e. The van der Waals surface area contributed by atoms with Crippen molar-refractivity contribution in [3.63, 3.8) is 0 Å². The van der Waals surface area contributed by atoms with Crippen LogP contribution >= 0.6 is 0 Å². The van der Waals surface area contributed by atoms with E-state index in [1.807, 2.05) is 30.9 Å². The Morgan fingerprint density at radius 2 is 1.78 bits per heavy atom. The van der Waals surface area contributed by atoms with E-state index in [9.17, 15) is 4.79 Å². The molecule has 5 nitrogen and oxygen atoms in total. The van der Waals surface area contributed by atoms with E-state index in [0.29, 0.717) is 18.7 Å². The number of carbonyl (C=O) groups excluding carboxylic acids is 1. The number of morpholine rings is 1. The van der Waals surface area contributed by atoms with Gasteiger partial charge in [0.15, 0.2) is 0 Å². The van der Waals surface area contributed by atoms with Crippen LogP contribution in [0.25, 0.3) is 0 Å². The monoisotopic (exact) mass is 317 g/mol. The minimum atomic E-state index is 0.0540. The molecule has 126 valence electrons. The molecule has 2 atom stereocenters. The Labute approximate surface area is 138 Å². The molecule has 0 spiro atoms. The SMILES string of the molecule is CC1CCN(c2ccc(C(=O)N3C[C@@H](C)O[C@H](C)C3)cn2)CC1. The minimum absolute atomic E-state index is 0.0540. The molecule has 3 heterocycles. The summed E-state index contributed by atoms with van der Waals surface area (Å²) in [5.74, 6) is 1.84. The summed E-state index contributed by atoms with van der Waals surface area (Å²) in [6.45, 7) is 9.73. The molecule has 0 radical (unpaired) electrons. The van der Waals surface area contributed by atoms with Crippen molar-refractivity contribution in [2.45, 2.75) is 45.8 Å². The summed E-state index contributed by atoms with van der Waals surface area (Å²) in [4.78, 5) is 21.4. The first kappa shape index (κ1) is 16.2. The molecule has 0 saturated carbocycles. The zero-order valence-electron chi connectivity index (χ0n) is 14.4. The maximum Gasteiger partial charge on any atom is 0.255 e. The fourth-order valence-corrected chi connectivity index (χ4v) is 3.46. The zero-order valence-corrected chi connectivity index (χ0v) is 14.4. The van der Waals surface area contributed by atoms with Crippen molar-refractivity contribution >= 4 is 11.7 Å². The van der Waals surface area contributed by atoms with Crippen LogP contribution in [0.1, 0.15) is 44.0 Å². The second kappa shape index (κ2) is 6.87. The number of aromatic nitrogens is 1. The lowest BCUT2D eigenvalue weighted by Crippen LogP contribution is -2.48. The summed E-state index contributed by atoms with van der Waals surface area (Å²) in [6.07, 6.45) is 4.33. The van der Waals surface area contributed by atoms with Crippen LogP contribution in [0.15, 0.2) is 18.3 Å². The summed E-state index contributed by atoms with van der Waals surface area (Å²) in [7, 11) is 0. The Hall–Kier alpha value is -1.62. The third kappa shape index (κ3) is 3.83. The predicted octanol–water partition coefficient (Wildman–Crippen LogP) is 2.57. The van der Waals surface area contributed by atoms with Crippen molar-refractivity contribution in [1.82, 2.24) is 9.88 Å². The number of anilines is 1. The Balaban J connectivity index is 1.65. The molecule has 0 bridgehead atoms. The molecular formula is C18H27N3O2. The van der Waals surface area contributed by atoms with Gasteiger partial charge in [-0.3, -0.25) is 4.79 Å². The molecule has 2 fully saturated rings. The fourth-order valence-electron chi connectivity index (χ4n) is 3.46. The highest BCUT2D eigenvalue weighted by Crippen LogP contribution is 2.22. The van der Waals surface area contributed by atoms with E-state index in [1.165, 1.54) is 12.8 Å². The molecule has 1 aromatic heterocycles. The van der Waals surface area contributed by atoms with Crippen LogP contribution in [0.4, 0.5) is 5.82 Å². The lowest BCUT2D eigenvalue weighted by molar-refractivity contribution is -0.0586. The number of amides is 1. The molecule has 23 heavy (non-hydrogen) atoms. The molecule has 1 amide bonds. The van der Waals surface area contributed by atoms with Crippen LogP contribution in [0, 0.1) is 5.92 Å². The van der Waals surface area contributed by atoms with E-state index >= 15 is 0 Å². The summed E-state index contributed by atoms with van der Waals surface area (Å²) in [6, 6.07) is 3.89. The fraction of sp³-hybridized carbons (Fsp3) is 0.667. The number of piperidine rings is 1. The van der Waals surface area contributed by atoms with Crippen molar-refractivity contribution < 1.29 is 9.53 Å². The summed E-state index contributed by atoms with van der Waals surface area (Å²) < 4.78 is 5.69. The Bertz CT molecular complexity index is 528. The van der Waals surface area contributed by atoms with Crippen LogP contribution in [0.5, 0.6) is 0 Å². The van der Waals surface area contributed by atoms with Crippen molar-refractivity contribution in [3.05, 3.63) is 23.9 Å². The zero-order chi connectivity index (χ0) is 16.4. The van der Waals surface area contributed by atoms with Gasteiger partial charge in [-0.15, -0.1) is 0 Å². The van der Waals surface area contributed by atoms with Crippen molar-refractivity contribution in [3.8, 4) is 0 Å². The van der Waals surface area contributed by atoms with E-state index in [-0.39, 0.29) is 18.1 Å². The summed E-state index contributed by atoms with van der Waals surface area (Å²) in [5, 5.41) is 0. The van der Waals surface area contributed by atoms with Gasteiger partial charge >= 0.3 is 0 Å². The maximum absolute atomic E-state index is 12.6. The highest BCUT2D eigenvalue weighted by molar-refractivity contribution is 5.94. The molecule has 2 aliphatic heterocycles. The highest BCUT2D eigenvalue weighted by atomic mass is 16.5. The third-order valence-corrected chi connectivity index (χ3v) is 4.81. The van der Waals surface area contributed by atoms with Gasteiger partial charge < -0.3 is 14.5 Å². The largest absolute Gasteiger partial charge is 0.372 e. The van der Waals surface area contributed by atoms with E-state index in [0.717, 1.165) is 24.8 Å². The number of hydrogen-bond donors (Lipinski definition) is 0. The summed E-state index contributed by atoms with van der Waals surface area (Å²) >= 11 is 0. The molecule has 0 N–H and O–H groups in total. The average molecular weight is 317 g/mol. The highest BCUT2D eigenvalue weighted by Gasteiger charge is 2.27. The van der Waals surface area contributed by atoms with Crippen LogP contribution in [-0.4, -0.2) is 54.2 Å². The normalized spacial score (nSPS) is 26.4. The molecule has 0 unspecified atom stereocenters. The standard InChI is InChI=1S/C18H27N3O2/c1-13-6-8-20(9-7-13)17-5-4-16(10-19-17)18(22)21-11-14(2)23-15(3)12-21/h4-5,10,13-15H,6-9,11-12H2,1-3H3/t14-,15-/m1/s1. The first-order chi connectivity index (χ1) is 11.0. The van der Waals surface area contributed by atoms with Crippen molar-refractivity contribution in [2.24, 2.45) is 5.92 Å². The molecule has 2 saturated heterocycles. The predicted molar refractivity (Wildman–Crippen MR) is 90.8 cm³/mol. The van der Waals surface area contributed by atoms with Gasteiger partial charge in [0, 0.05) is 32.4 Å². The van der Waals surface area contributed by atoms with Gasteiger partial charge in [0.05, 0.1) is 17.8 Å². The van der Waals surface area contributed by atoms with E-state index in [2.05, 4.69) is 16.8 Å². The number of rotatable bonds is 2. The Morgan fingerprint density at radius 3 is 2.35 bits per heavy atom. The minimum Gasteiger partial charge on any atom is -0.372 e. The van der Waals surface area contributed by atoms with Gasteiger partial charge in [0.2, 0.25) is 0 Å².